The van der Waals surface area contributed by atoms with Crippen molar-refractivity contribution in [1.29, 1.82) is 0 Å². The minimum Gasteiger partial charge on any atom is -0.488 e. The van der Waals surface area contributed by atoms with Crippen molar-refractivity contribution in [3.8, 4) is 5.75 Å². The minimum atomic E-state index is 0.335. The highest BCUT2D eigenvalue weighted by molar-refractivity contribution is 6.43. The van der Waals surface area contributed by atoms with Crippen LogP contribution in [0.4, 0.5) is 0 Å². The van der Waals surface area contributed by atoms with Gasteiger partial charge in [0, 0.05) is 11.6 Å². The zero-order chi connectivity index (χ0) is 10.6. The minimum absolute atomic E-state index is 0.335. The molecule has 0 heterocycles. The Labute approximate surface area is 102 Å². The van der Waals surface area contributed by atoms with Gasteiger partial charge in [-0.1, -0.05) is 46.4 Å². The van der Waals surface area contributed by atoms with E-state index in [0.717, 1.165) is 0 Å². The first-order chi connectivity index (χ1) is 6.65. The molecule has 0 saturated carbocycles. The van der Waals surface area contributed by atoms with Crippen molar-refractivity contribution >= 4 is 46.4 Å². The largest absolute Gasteiger partial charge is 0.488 e. The molecule has 1 aromatic carbocycles. The highest BCUT2D eigenvalue weighted by atomic mass is 35.5. The molecule has 14 heavy (non-hydrogen) atoms. The second kappa shape index (κ2) is 5.72. The molecule has 0 aromatic heterocycles. The molecule has 0 aliphatic carbocycles. The smallest absolute Gasteiger partial charge is 0.139 e. The highest BCUT2D eigenvalue weighted by Crippen LogP contribution is 2.33. The lowest BCUT2D eigenvalue weighted by molar-refractivity contribution is 0.363. The van der Waals surface area contributed by atoms with Crippen molar-refractivity contribution in [2.24, 2.45) is 0 Å². The van der Waals surface area contributed by atoms with Crippen LogP contribution in [0, 0.1) is 0 Å². The van der Waals surface area contributed by atoms with E-state index in [9.17, 15) is 0 Å². The molecule has 1 aromatic rings. The zero-order valence-electron chi connectivity index (χ0n) is 6.94. The number of hydrogen-bond donors (Lipinski definition) is 0. The standard InChI is InChI=1S/C9H6Cl4O/c10-2-1-3-14-9-5-7(12)6(11)4-8(9)13/h1-2,4-5H,3H2/b2-1+. The molecule has 0 N–H and O–H groups in total. The summed E-state index contributed by atoms with van der Waals surface area (Å²) in [6.45, 7) is 0.335. The summed E-state index contributed by atoms with van der Waals surface area (Å²) < 4.78 is 5.27. The van der Waals surface area contributed by atoms with Gasteiger partial charge in [0.1, 0.15) is 12.4 Å². The Balaban J connectivity index is 2.81. The van der Waals surface area contributed by atoms with Crippen LogP contribution in [-0.4, -0.2) is 6.61 Å². The van der Waals surface area contributed by atoms with Gasteiger partial charge < -0.3 is 4.74 Å². The number of rotatable bonds is 3. The first-order valence-electron chi connectivity index (χ1n) is 3.67. The van der Waals surface area contributed by atoms with Gasteiger partial charge in [-0.2, -0.15) is 0 Å². The Bertz CT molecular complexity index is 349. The van der Waals surface area contributed by atoms with E-state index in [1.807, 2.05) is 0 Å². The van der Waals surface area contributed by atoms with E-state index in [0.29, 0.717) is 27.4 Å². The first kappa shape index (κ1) is 12.0. The lowest BCUT2D eigenvalue weighted by Crippen LogP contribution is -1.93. The summed E-state index contributed by atoms with van der Waals surface area (Å²) in [5.74, 6) is 0.482. The van der Waals surface area contributed by atoms with E-state index in [1.165, 1.54) is 11.6 Å². The van der Waals surface area contributed by atoms with Gasteiger partial charge in [-0.05, 0) is 12.1 Å². The van der Waals surface area contributed by atoms with Gasteiger partial charge in [0.2, 0.25) is 0 Å². The van der Waals surface area contributed by atoms with Crippen molar-refractivity contribution in [1.82, 2.24) is 0 Å². The summed E-state index contributed by atoms with van der Waals surface area (Å²) in [5, 5.41) is 1.22. The Morgan fingerprint density at radius 3 is 2.36 bits per heavy atom. The van der Waals surface area contributed by atoms with Gasteiger partial charge in [-0.3, -0.25) is 0 Å². The molecular formula is C9H6Cl4O. The third-order valence-electron chi connectivity index (χ3n) is 1.40. The van der Waals surface area contributed by atoms with E-state index < -0.39 is 0 Å². The lowest BCUT2D eigenvalue weighted by Gasteiger charge is -2.06. The fourth-order valence-electron chi connectivity index (χ4n) is 0.789. The molecule has 0 radical (unpaired) electrons. The molecule has 1 rings (SSSR count). The van der Waals surface area contributed by atoms with Crippen molar-refractivity contribution < 1.29 is 4.74 Å². The summed E-state index contributed by atoms with van der Waals surface area (Å²) >= 11 is 22.7. The molecule has 0 amide bonds. The van der Waals surface area contributed by atoms with Gasteiger partial charge in [0.25, 0.3) is 0 Å². The van der Waals surface area contributed by atoms with Crippen LogP contribution in [0.5, 0.6) is 5.75 Å². The summed E-state index contributed by atoms with van der Waals surface area (Å²) in [6, 6.07) is 3.10. The SMILES string of the molecule is Cl/C=C/COc1cc(Cl)c(Cl)cc1Cl. The Kier molecular flexibility index (Phi) is 4.90. The van der Waals surface area contributed by atoms with Gasteiger partial charge in [-0.15, -0.1) is 0 Å². The second-order valence-corrected chi connectivity index (χ2v) is 3.84. The van der Waals surface area contributed by atoms with Crippen LogP contribution in [0.25, 0.3) is 0 Å². The van der Waals surface area contributed by atoms with E-state index in [1.54, 1.807) is 12.1 Å². The number of hydrogen-bond acceptors (Lipinski definition) is 1. The van der Waals surface area contributed by atoms with Crippen molar-refractivity contribution in [2.45, 2.75) is 0 Å². The van der Waals surface area contributed by atoms with Gasteiger partial charge in [-0.25, -0.2) is 0 Å². The van der Waals surface area contributed by atoms with E-state index in [-0.39, 0.29) is 0 Å². The van der Waals surface area contributed by atoms with Crippen LogP contribution in [0.1, 0.15) is 0 Å². The summed E-state index contributed by atoms with van der Waals surface area (Å²) in [5.41, 5.74) is 1.37. The third kappa shape index (κ3) is 3.25. The normalized spacial score (nSPS) is 10.9. The topological polar surface area (TPSA) is 9.23 Å². The summed E-state index contributed by atoms with van der Waals surface area (Å²) in [7, 11) is 0. The van der Waals surface area contributed by atoms with Gasteiger partial charge >= 0.3 is 0 Å². The van der Waals surface area contributed by atoms with E-state index in [2.05, 4.69) is 0 Å². The molecule has 0 saturated heterocycles. The molecule has 0 spiro atoms. The average Bonchev–Trinajstić information content (AvgIpc) is 2.14. The summed E-state index contributed by atoms with van der Waals surface area (Å²) in [6.07, 6.45) is 1.64. The first-order valence-corrected chi connectivity index (χ1v) is 5.24. The molecule has 1 nitrogen and oxygen atoms in total. The predicted octanol–water partition coefficient (Wildman–Crippen LogP) is 4.78. The molecule has 0 aliphatic heterocycles. The van der Waals surface area contributed by atoms with Crippen molar-refractivity contribution in [2.75, 3.05) is 6.61 Å². The fraction of sp³-hybridized carbons (Fsp3) is 0.111. The lowest BCUT2D eigenvalue weighted by atomic mass is 10.3. The Morgan fingerprint density at radius 1 is 1.07 bits per heavy atom. The monoisotopic (exact) mass is 270 g/mol. The molecule has 0 aliphatic rings. The van der Waals surface area contributed by atoms with Crippen LogP contribution in [-0.2, 0) is 0 Å². The summed E-state index contributed by atoms with van der Waals surface area (Å²) in [4.78, 5) is 0. The molecule has 0 atom stereocenters. The van der Waals surface area contributed by atoms with Gasteiger partial charge in [0.05, 0.1) is 15.1 Å². The van der Waals surface area contributed by atoms with Crippen LogP contribution in [0.3, 0.4) is 0 Å². The molecule has 0 fully saturated rings. The molecule has 5 heteroatoms. The number of halogens is 4. The van der Waals surface area contributed by atoms with Crippen LogP contribution >= 0.6 is 46.4 Å². The second-order valence-electron chi connectivity index (χ2n) is 2.37. The quantitative estimate of drug-likeness (QED) is 0.719. The average molecular weight is 272 g/mol. The number of ether oxygens (including phenoxy) is 1. The van der Waals surface area contributed by atoms with Crippen LogP contribution < -0.4 is 4.74 Å². The van der Waals surface area contributed by atoms with E-state index in [4.69, 9.17) is 51.1 Å². The van der Waals surface area contributed by atoms with Crippen molar-refractivity contribution in [3.05, 3.63) is 38.8 Å². The molecule has 76 valence electrons. The van der Waals surface area contributed by atoms with Crippen LogP contribution in [0.15, 0.2) is 23.7 Å². The van der Waals surface area contributed by atoms with Gasteiger partial charge in [0.15, 0.2) is 0 Å². The Hall–Kier alpha value is -0.0800. The number of benzene rings is 1. The van der Waals surface area contributed by atoms with E-state index >= 15 is 0 Å². The maximum absolute atomic E-state index is 5.86. The maximum atomic E-state index is 5.86. The predicted molar refractivity (Wildman–Crippen MR) is 62.0 cm³/mol. The molecule has 0 bridgehead atoms. The fourth-order valence-corrected chi connectivity index (χ4v) is 1.45. The Morgan fingerprint density at radius 2 is 1.71 bits per heavy atom. The highest BCUT2D eigenvalue weighted by Gasteiger charge is 2.05. The van der Waals surface area contributed by atoms with Crippen LogP contribution in [0.2, 0.25) is 15.1 Å². The zero-order valence-corrected chi connectivity index (χ0v) is 9.96. The maximum Gasteiger partial charge on any atom is 0.139 e. The molecular weight excluding hydrogens is 266 g/mol. The molecule has 0 unspecified atom stereocenters. The van der Waals surface area contributed by atoms with Crippen molar-refractivity contribution in [3.63, 3.8) is 0 Å². The third-order valence-corrected chi connectivity index (χ3v) is 2.59.